The molecule has 1 aromatic carbocycles. The Morgan fingerprint density at radius 2 is 2.05 bits per heavy atom. The van der Waals surface area contributed by atoms with E-state index in [1.807, 2.05) is 0 Å². The highest BCUT2D eigenvalue weighted by molar-refractivity contribution is 5.88. The second kappa shape index (κ2) is 6.65. The van der Waals surface area contributed by atoms with Crippen molar-refractivity contribution in [2.75, 3.05) is 6.61 Å². The number of halogens is 1. The second-order valence-electron chi connectivity index (χ2n) is 4.31. The maximum atomic E-state index is 12.7. The van der Waals surface area contributed by atoms with Gasteiger partial charge in [-0.2, -0.15) is 0 Å². The summed E-state index contributed by atoms with van der Waals surface area (Å²) >= 11 is 0. The molecule has 2 aromatic rings. The molecular formula is C14H13FN2O4. The Hall–Kier alpha value is -2.70. The molecule has 0 atom stereocenters. The lowest BCUT2D eigenvalue weighted by Crippen LogP contribution is -2.28. The van der Waals surface area contributed by atoms with Crippen molar-refractivity contribution in [3.63, 3.8) is 0 Å². The number of nitrogens with one attached hydrogen (secondary N) is 1. The van der Waals surface area contributed by atoms with Crippen molar-refractivity contribution < 1.29 is 23.2 Å². The zero-order valence-corrected chi connectivity index (χ0v) is 11.3. The summed E-state index contributed by atoms with van der Waals surface area (Å²) in [6, 6.07) is 7.12. The first kappa shape index (κ1) is 14.7. The van der Waals surface area contributed by atoms with Gasteiger partial charge in [0.1, 0.15) is 5.82 Å². The molecule has 110 valence electrons. The van der Waals surface area contributed by atoms with E-state index in [9.17, 15) is 14.0 Å². The van der Waals surface area contributed by atoms with E-state index >= 15 is 0 Å². The van der Waals surface area contributed by atoms with Gasteiger partial charge in [0.2, 0.25) is 5.76 Å². The van der Waals surface area contributed by atoms with E-state index in [-0.39, 0.29) is 18.1 Å². The van der Waals surface area contributed by atoms with Crippen molar-refractivity contribution >= 4 is 11.9 Å². The highest BCUT2D eigenvalue weighted by Gasteiger charge is 2.14. The molecule has 2 rings (SSSR count). The maximum absolute atomic E-state index is 12.7. The molecule has 6 nitrogen and oxygen atoms in total. The molecule has 0 bridgehead atoms. The van der Waals surface area contributed by atoms with Crippen LogP contribution in [0.5, 0.6) is 0 Å². The second-order valence-corrected chi connectivity index (χ2v) is 4.31. The number of esters is 1. The number of amides is 1. The topological polar surface area (TPSA) is 81.4 Å². The first-order valence-corrected chi connectivity index (χ1v) is 6.16. The molecule has 0 unspecified atom stereocenters. The fourth-order valence-corrected chi connectivity index (χ4v) is 1.52. The molecule has 0 fully saturated rings. The summed E-state index contributed by atoms with van der Waals surface area (Å²) in [5.41, 5.74) is 1.28. The van der Waals surface area contributed by atoms with Crippen LogP contribution in [0.3, 0.4) is 0 Å². The monoisotopic (exact) mass is 292 g/mol. The number of carbonyl (C=O) groups excluding carboxylic acids is 2. The molecule has 1 N–H and O–H groups in total. The summed E-state index contributed by atoms with van der Waals surface area (Å²) in [4.78, 5) is 23.0. The predicted octanol–water partition coefficient (Wildman–Crippen LogP) is 1.60. The molecule has 21 heavy (non-hydrogen) atoms. The summed E-state index contributed by atoms with van der Waals surface area (Å²) < 4.78 is 22.2. The molecular weight excluding hydrogens is 279 g/mol. The summed E-state index contributed by atoms with van der Waals surface area (Å²) in [5, 5.41) is 6.09. The lowest BCUT2D eigenvalue weighted by molar-refractivity contribution is -0.124. The molecule has 7 heteroatoms. The molecule has 0 aliphatic rings. The van der Waals surface area contributed by atoms with Gasteiger partial charge in [-0.05, 0) is 24.6 Å². The van der Waals surface area contributed by atoms with Crippen LogP contribution in [-0.2, 0) is 16.1 Å². The largest absolute Gasteiger partial charge is 0.450 e. The van der Waals surface area contributed by atoms with Crippen molar-refractivity contribution in [1.29, 1.82) is 0 Å². The quantitative estimate of drug-likeness (QED) is 0.846. The van der Waals surface area contributed by atoms with Crippen LogP contribution in [0.2, 0.25) is 0 Å². The third-order valence-electron chi connectivity index (χ3n) is 2.57. The molecule has 0 radical (unpaired) electrons. The van der Waals surface area contributed by atoms with E-state index in [2.05, 4.69) is 10.5 Å². The zero-order chi connectivity index (χ0) is 15.2. The van der Waals surface area contributed by atoms with Crippen LogP contribution >= 0.6 is 0 Å². The summed E-state index contributed by atoms with van der Waals surface area (Å²) in [6.45, 7) is 1.45. The lowest BCUT2D eigenvalue weighted by Gasteiger charge is -2.05. The third-order valence-corrected chi connectivity index (χ3v) is 2.57. The smallest absolute Gasteiger partial charge is 0.377 e. The molecule has 0 aliphatic heterocycles. The average Bonchev–Trinajstić information content (AvgIpc) is 2.91. The van der Waals surface area contributed by atoms with Gasteiger partial charge in [-0.1, -0.05) is 17.3 Å². The number of rotatable bonds is 5. The minimum Gasteiger partial charge on any atom is -0.450 e. The Labute approximate surface area is 119 Å². The Morgan fingerprint density at radius 3 is 2.67 bits per heavy atom. The van der Waals surface area contributed by atoms with Crippen LogP contribution in [0.4, 0.5) is 4.39 Å². The molecule has 0 spiro atoms. The van der Waals surface area contributed by atoms with Gasteiger partial charge in [-0.15, -0.1) is 0 Å². The number of aryl methyl sites for hydroxylation is 1. The van der Waals surface area contributed by atoms with Crippen LogP contribution in [0, 0.1) is 12.7 Å². The van der Waals surface area contributed by atoms with Gasteiger partial charge >= 0.3 is 5.97 Å². The molecule has 0 saturated carbocycles. The van der Waals surface area contributed by atoms with Crippen molar-refractivity contribution in [3.05, 3.63) is 53.2 Å². The van der Waals surface area contributed by atoms with Crippen LogP contribution in [-0.4, -0.2) is 23.6 Å². The SMILES string of the molecule is Cc1cc(C(=O)OCC(=O)NCc2ccc(F)cc2)on1. The van der Waals surface area contributed by atoms with E-state index in [4.69, 9.17) is 9.26 Å². The third kappa shape index (κ3) is 4.41. The van der Waals surface area contributed by atoms with Gasteiger partial charge in [-0.3, -0.25) is 4.79 Å². The van der Waals surface area contributed by atoms with E-state index in [0.717, 1.165) is 5.56 Å². The van der Waals surface area contributed by atoms with E-state index < -0.39 is 18.5 Å². The fourth-order valence-electron chi connectivity index (χ4n) is 1.52. The number of aromatic nitrogens is 1. The van der Waals surface area contributed by atoms with Crippen LogP contribution in [0.1, 0.15) is 21.8 Å². The van der Waals surface area contributed by atoms with Crippen molar-refractivity contribution in [2.24, 2.45) is 0 Å². The van der Waals surface area contributed by atoms with E-state index in [1.54, 1.807) is 19.1 Å². The minimum atomic E-state index is -0.757. The maximum Gasteiger partial charge on any atom is 0.377 e. The molecule has 0 saturated heterocycles. The normalized spacial score (nSPS) is 10.2. The van der Waals surface area contributed by atoms with Gasteiger partial charge in [0, 0.05) is 12.6 Å². The fraction of sp³-hybridized carbons (Fsp3) is 0.214. The summed E-state index contributed by atoms with van der Waals surface area (Å²) in [5.74, 6) is -1.63. The highest BCUT2D eigenvalue weighted by atomic mass is 19.1. The highest BCUT2D eigenvalue weighted by Crippen LogP contribution is 2.04. The lowest BCUT2D eigenvalue weighted by atomic mass is 10.2. The summed E-state index contributed by atoms with van der Waals surface area (Å²) in [7, 11) is 0. The number of nitrogens with zero attached hydrogens (tertiary/aromatic N) is 1. The zero-order valence-electron chi connectivity index (χ0n) is 11.3. The number of hydrogen-bond acceptors (Lipinski definition) is 5. The molecule has 1 aromatic heterocycles. The molecule has 1 heterocycles. The standard InChI is InChI=1S/C14H13FN2O4/c1-9-6-12(21-17-9)14(19)20-8-13(18)16-7-10-2-4-11(15)5-3-10/h2-6H,7-8H2,1H3,(H,16,18). The van der Waals surface area contributed by atoms with Crippen molar-refractivity contribution in [2.45, 2.75) is 13.5 Å². The van der Waals surface area contributed by atoms with E-state index in [0.29, 0.717) is 5.69 Å². The number of hydrogen-bond donors (Lipinski definition) is 1. The Balaban J connectivity index is 1.74. The number of benzene rings is 1. The van der Waals surface area contributed by atoms with Gasteiger partial charge in [0.25, 0.3) is 5.91 Å². The van der Waals surface area contributed by atoms with Gasteiger partial charge in [-0.25, -0.2) is 9.18 Å². The van der Waals surface area contributed by atoms with Gasteiger partial charge in [0.05, 0.1) is 5.69 Å². The predicted molar refractivity (Wildman–Crippen MR) is 69.8 cm³/mol. The average molecular weight is 292 g/mol. The van der Waals surface area contributed by atoms with Crippen LogP contribution < -0.4 is 5.32 Å². The number of ether oxygens (including phenoxy) is 1. The first-order valence-electron chi connectivity index (χ1n) is 6.16. The first-order chi connectivity index (χ1) is 10.0. The Morgan fingerprint density at radius 1 is 1.33 bits per heavy atom. The van der Waals surface area contributed by atoms with Gasteiger partial charge < -0.3 is 14.6 Å². The van der Waals surface area contributed by atoms with Crippen molar-refractivity contribution in [1.82, 2.24) is 10.5 Å². The Bertz CT molecular complexity index is 637. The van der Waals surface area contributed by atoms with E-state index in [1.165, 1.54) is 18.2 Å². The molecule has 1 amide bonds. The van der Waals surface area contributed by atoms with Gasteiger partial charge in [0.15, 0.2) is 6.61 Å². The number of carbonyl (C=O) groups is 2. The molecule has 0 aliphatic carbocycles. The minimum absolute atomic E-state index is 0.0566. The summed E-state index contributed by atoms with van der Waals surface area (Å²) in [6.07, 6.45) is 0. The van der Waals surface area contributed by atoms with Crippen molar-refractivity contribution in [3.8, 4) is 0 Å². The van der Waals surface area contributed by atoms with Crippen LogP contribution in [0.25, 0.3) is 0 Å². The Kier molecular flexibility index (Phi) is 4.65. The van der Waals surface area contributed by atoms with Crippen LogP contribution in [0.15, 0.2) is 34.9 Å².